The minimum Gasteiger partial charge on any atom is -0.503 e. The molecule has 1 unspecified atom stereocenters. The van der Waals surface area contributed by atoms with E-state index in [0.717, 1.165) is 5.56 Å². The van der Waals surface area contributed by atoms with Gasteiger partial charge < -0.3 is 5.11 Å². The fourth-order valence-corrected chi connectivity index (χ4v) is 6.22. The minimum atomic E-state index is -0.958. The topological polar surface area (TPSA) is 83.4 Å². The van der Waals surface area contributed by atoms with E-state index >= 15 is 0 Å². The van der Waals surface area contributed by atoms with Gasteiger partial charge in [0.05, 0.1) is 16.5 Å². The maximum Gasteiger partial charge on any atom is 0.296 e. The third-order valence-electron chi connectivity index (χ3n) is 5.47. The molecule has 6 nitrogen and oxygen atoms in total. The molecule has 0 spiro atoms. The van der Waals surface area contributed by atoms with Crippen molar-refractivity contribution < 1.29 is 19.1 Å². The van der Waals surface area contributed by atoms with Crippen LogP contribution in [0.2, 0.25) is 0 Å². The molecule has 1 aliphatic rings. The Morgan fingerprint density at radius 3 is 2.54 bits per heavy atom. The van der Waals surface area contributed by atoms with Crippen molar-refractivity contribution in [2.45, 2.75) is 23.1 Å². The number of aliphatic hydroxyl groups excluding tert-OH is 1. The highest BCUT2D eigenvalue weighted by molar-refractivity contribution is 8.00. The van der Waals surface area contributed by atoms with Crippen molar-refractivity contribution in [3.05, 3.63) is 105 Å². The van der Waals surface area contributed by atoms with Gasteiger partial charge in [0.1, 0.15) is 5.82 Å². The Bertz CT molecular complexity index is 1410. The number of anilines is 1. The van der Waals surface area contributed by atoms with E-state index in [1.165, 1.54) is 69.2 Å². The highest BCUT2D eigenvalue weighted by Crippen LogP contribution is 2.44. The number of carbonyl (C=O) groups is 2. The Balaban J connectivity index is 1.48. The summed E-state index contributed by atoms with van der Waals surface area (Å²) in [6.07, 6.45) is 0. The number of thiophene rings is 1. The van der Waals surface area contributed by atoms with Crippen LogP contribution in [0.15, 0.2) is 81.7 Å². The van der Waals surface area contributed by atoms with Gasteiger partial charge in [-0.2, -0.15) is 0 Å². The lowest BCUT2D eigenvalue weighted by molar-refractivity contribution is -0.117. The van der Waals surface area contributed by atoms with Crippen LogP contribution >= 0.6 is 34.4 Å². The number of nitrogens with zero attached hydrogens (tertiary/aromatic N) is 3. The first kappa shape index (κ1) is 23.4. The van der Waals surface area contributed by atoms with Crippen molar-refractivity contribution in [2.75, 3.05) is 4.90 Å². The molecular formula is C25H18FN3O3S3. The van der Waals surface area contributed by atoms with Crippen molar-refractivity contribution >= 4 is 51.3 Å². The number of halogens is 1. The number of benzene rings is 2. The summed E-state index contributed by atoms with van der Waals surface area (Å²) in [5.41, 5.74) is 2.72. The molecule has 10 heteroatoms. The Morgan fingerprint density at radius 1 is 1.11 bits per heavy atom. The van der Waals surface area contributed by atoms with E-state index in [1.807, 2.05) is 31.2 Å². The summed E-state index contributed by atoms with van der Waals surface area (Å²) in [6, 6.07) is 16.1. The van der Waals surface area contributed by atoms with Crippen LogP contribution in [0.25, 0.3) is 0 Å². The molecule has 1 atom stereocenters. The van der Waals surface area contributed by atoms with Crippen LogP contribution in [0.3, 0.4) is 0 Å². The van der Waals surface area contributed by atoms with Crippen molar-refractivity contribution in [2.24, 2.45) is 0 Å². The quantitative estimate of drug-likeness (QED) is 0.178. The lowest BCUT2D eigenvalue weighted by atomic mass is 9.95. The predicted octanol–water partition coefficient (Wildman–Crippen LogP) is 6.12. The van der Waals surface area contributed by atoms with Gasteiger partial charge in [-0.25, -0.2) is 4.39 Å². The molecule has 0 aliphatic carbocycles. The molecule has 0 fully saturated rings. The molecule has 4 aromatic rings. The number of ketones is 1. The van der Waals surface area contributed by atoms with Gasteiger partial charge in [-0.15, -0.1) is 21.5 Å². The second-order valence-corrected chi connectivity index (χ2v) is 10.9. The SMILES string of the molecule is Cc1ccc(CSc2nnc(N3C(=O)C(O)=C(C(=O)c4cccs4)C3c3ccc(F)cc3)s2)cc1. The lowest BCUT2D eigenvalue weighted by Crippen LogP contribution is -2.31. The summed E-state index contributed by atoms with van der Waals surface area (Å²) in [7, 11) is 0. The van der Waals surface area contributed by atoms with E-state index in [-0.39, 0.29) is 10.7 Å². The molecule has 3 heterocycles. The van der Waals surface area contributed by atoms with Crippen molar-refractivity contribution in [3.8, 4) is 0 Å². The van der Waals surface area contributed by atoms with E-state index in [9.17, 15) is 19.1 Å². The molecule has 0 radical (unpaired) electrons. The molecule has 2 aromatic heterocycles. The fraction of sp³-hybridized carbons (Fsp3) is 0.120. The maximum atomic E-state index is 13.6. The average molecular weight is 524 g/mol. The zero-order valence-electron chi connectivity index (χ0n) is 18.3. The molecule has 0 bridgehead atoms. The van der Waals surface area contributed by atoms with Gasteiger partial charge in [0.2, 0.25) is 10.9 Å². The number of thioether (sulfide) groups is 1. The van der Waals surface area contributed by atoms with E-state index in [4.69, 9.17) is 0 Å². The van der Waals surface area contributed by atoms with E-state index in [1.54, 1.807) is 17.5 Å². The number of aryl methyl sites for hydroxylation is 1. The normalized spacial score (nSPS) is 15.8. The van der Waals surface area contributed by atoms with Crippen LogP contribution in [0.1, 0.15) is 32.4 Å². The Hall–Kier alpha value is -3.34. The largest absolute Gasteiger partial charge is 0.503 e. The third-order valence-corrected chi connectivity index (χ3v) is 8.46. The molecule has 5 rings (SSSR count). The number of hydrogen-bond acceptors (Lipinski definition) is 8. The van der Waals surface area contributed by atoms with Crippen molar-refractivity contribution in [1.29, 1.82) is 0 Å². The number of carbonyl (C=O) groups excluding carboxylic acids is 2. The molecule has 1 N–H and O–H groups in total. The lowest BCUT2D eigenvalue weighted by Gasteiger charge is -2.23. The van der Waals surface area contributed by atoms with Crippen LogP contribution < -0.4 is 4.90 Å². The van der Waals surface area contributed by atoms with Gasteiger partial charge in [-0.05, 0) is 41.6 Å². The van der Waals surface area contributed by atoms with Crippen LogP contribution in [0.5, 0.6) is 0 Å². The zero-order chi connectivity index (χ0) is 24.5. The average Bonchev–Trinajstić information content (AvgIpc) is 3.60. The van der Waals surface area contributed by atoms with Gasteiger partial charge >= 0.3 is 0 Å². The number of hydrogen-bond donors (Lipinski definition) is 1. The van der Waals surface area contributed by atoms with Gasteiger partial charge in [0.25, 0.3) is 5.91 Å². The minimum absolute atomic E-state index is 0.0619. The zero-order valence-corrected chi connectivity index (χ0v) is 20.8. The smallest absolute Gasteiger partial charge is 0.296 e. The number of Topliss-reactive ketones (excluding diaryl/α,β-unsaturated/α-hetero) is 1. The second-order valence-electron chi connectivity index (χ2n) is 7.82. The highest BCUT2D eigenvalue weighted by Gasteiger charge is 2.46. The van der Waals surface area contributed by atoms with E-state index in [2.05, 4.69) is 10.2 Å². The summed E-state index contributed by atoms with van der Waals surface area (Å²) in [4.78, 5) is 28.1. The number of aromatic nitrogens is 2. The fourth-order valence-electron chi connectivity index (χ4n) is 3.72. The van der Waals surface area contributed by atoms with Gasteiger partial charge in [0.15, 0.2) is 10.1 Å². The van der Waals surface area contributed by atoms with Gasteiger partial charge in [-0.3, -0.25) is 14.5 Å². The van der Waals surface area contributed by atoms with Crippen LogP contribution in [0, 0.1) is 12.7 Å². The maximum absolute atomic E-state index is 13.6. The number of rotatable bonds is 7. The molecule has 0 saturated carbocycles. The van der Waals surface area contributed by atoms with Crippen LogP contribution in [0.4, 0.5) is 9.52 Å². The molecule has 35 heavy (non-hydrogen) atoms. The summed E-state index contributed by atoms with van der Waals surface area (Å²) < 4.78 is 14.3. The molecule has 0 saturated heterocycles. The predicted molar refractivity (Wildman–Crippen MR) is 136 cm³/mol. The number of aliphatic hydroxyl groups is 1. The van der Waals surface area contributed by atoms with Crippen molar-refractivity contribution in [3.63, 3.8) is 0 Å². The molecule has 1 aliphatic heterocycles. The molecule has 1 amide bonds. The monoisotopic (exact) mass is 523 g/mol. The molecule has 176 valence electrons. The van der Waals surface area contributed by atoms with E-state index in [0.29, 0.717) is 20.5 Å². The summed E-state index contributed by atoms with van der Waals surface area (Å²) in [6.45, 7) is 2.03. The highest BCUT2D eigenvalue weighted by atomic mass is 32.2. The Kier molecular flexibility index (Phi) is 6.50. The van der Waals surface area contributed by atoms with Crippen LogP contribution in [-0.4, -0.2) is 27.0 Å². The van der Waals surface area contributed by atoms with Crippen molar-refractivity contribution in [1.82, 2.24) is 10.2 Å². The van der Waals surface area contributed by atoms with Gasteiger partial charge in [-0.1, -0.05) is 71.1 Å². The third kappa shape index (κ3) is 4.64. The summed E-state index contributed by atoms with van der Waals surface area (Å²) in [5.74, 6) is -1.61. The Labute approximate surface area is 212 Å². The first-order valence-electron chi connectivity index (χ1n) is 10.5. The number of amides is 1. The first-order chi connectivity index (χ1) is 16.9. The molecule has 2 aromatic carbocycles. The summed E-state index contributed by atoms with van der Waals surface area (Å²) in [5, 5.41) is 21.2. The Morgan fingerprint density at radius 2 is 1.86 bits per heavy atom. The van der Waals surface area contributed by atoms with Gasteiger partial charge in [0, 0.05) is 5.75 Å². The van der Waals surface area contributed by atoms with E-state index < -0.39 is 29.3 Å². The molecular weight excluding hydrogens is 505 g/mol. The first-order valence-corrected chi connectivity index (χ1v) is 13.2. The van der Waals surface area contributed by atoms with Crippen LogP contribution in [-0.2, 0) is 10.5 Å². The summed E-state index contributed by atoms with van der Waals surface area (Å²) >= 11 is 3.89. The second kappa shape index (κ2) is 9.73. The standard InChI is InChI=1S/C25H18FN3O3S3/c1-14-4-6-15(7-5-14)13-34-25-28-27-24(35-25)29-20(16-8-10-17(26)11-9-16)19(22(31)23(29)32)21(30)18-3-2-12-33-18/h2-12,20,31H,13H2,1H3.